The molecular weight excluding hydrogens is 176 g/mol. The number of imidazole rings is 2. The Kier molecular flexibility index (Phi) is 7.13. The van der Waals surface area contributed by atoms with Crippen LogP contribution in [0.25, 0.3) is 0 Å². The topological polar surface area (TPSA) is 35.6 Å². The molecule has 0 spiro atoms. The Labute approximate surface area is 85.2 Å². The molecule has 0 saturated carbocycles. The fraction of sp³-hybridized carbons (Fsp3) is 0.400. The maximum atomic E-state index is 3.78. The zero-order valence-electron chi connectivity index (χ0n) is 9.25. The van der Waals surface area contributed by atoms with Gasteiger partial charge in [-0.2, -0.15) is 0 Å². The second-order valence-corrected chi connectivity index (χ2v) is 2.46. The Bertz CT molecular complexity index is 252. The third kappa shape index (κ3) is 5.99. The van der Waals surface area contributed by atoms with Crippen molar-refractivity contribution in [2.75, 3.05) is 0 Å². The first-order valence-corrected chi connectivity index (χ1v) is 4.63. The predicted octanol–water partition coefficient (Wildman–Crippen LogP) is 1.87. The standard InChI is InChI=1S/2C4H6N2.C2H6/c2*1-6-3-2-5-4-6;1-2/h2*2-4H,1H3;1-2H3. The highest BCUT2D eigenvalue weighted by Gasteiger charge is 1.69. The highest BCUT2D eigenvalue weighted by molar-refractivity contribution is 4.70. The third-order valence-corrected chi connectivity index (χ3v) is 1.27. The fourth-order valence-electron chi connectivity index (χ4n) is 0.652. The van der Waals surface area contributed by atoms with Crippen molar-refractivity contribution >= 4 is 0 Å². The van der Waals surface area contributed by atoms with Crippen LogP contribution in [0.1, 0.15) is 13.8 Å². The number of rotatable bonds is 0. The molecular formula is C10H18N4. The van der Waals surface area contributed by atoms with Crippen molar-refractivity contribution < 1.29 is 0 Å². The van der Waals surface area contributed by atoms with E-state index in [1.54, 1.807) is 25.0 Å². The van der Waals surface area contributed by atoms with Crippen LogP contribution in [0.4, 0.5) is 0 Å². The maximum Gasteiger partial charge on any atom is 0.0943 e. The number of aromatic nitrogens is 4. The Morgan fingerprint density at radius 3 is 1.21 bits per heavy atom. The monoisotopic (exact) mass is 194 g/mol. The normalized spacial score (nSPS) is 8.00. The Morgan fingerprint density at radius 2 is 1.14 bits per heavy atom. The minimum atomic E-state index is 1.75. The fourth-order valence-corrected chi connectivity index (χ4v) is 0.652. The zero-order valence-corrected chi connectivity index (χ0v) is 9.25. The summed E-state index contributed by atoms with van der Waals surface area (Å²) in [5.41, 5.74) is 0. The van der Waals surface area contributed by atoms with Crippen molar-refractivity contribution in [3.05, 3.63) is 37.4 Å². The van der Waals surface area contributed by atoms with Gasteiger partial charge in [0.25, 0.3) is 0 Å². The molecule has 0 radical (unpaired) electrons. The average Bonchev–Trinajstić information content (AvgIpc) is 2.83. The Hall–Kier alpha value is -1.58. The SMILES string of the molecule is CC.Cn1ccnc1.Cn1ccnc1. The van der Waals surface area contributed by atoms with Gasteiger partial charge in [-0.3, -0.25) is 0 Å². The second-order valence-electron chi connectivity index (χ2n) is 2.46. The van der Waals surface area contributed by atoms with Crippen molar-refractivity contribution in [1.29, 1.82) is 0 Å². The van der Waals surface area contributed by atoms with E-state index < -0.39 is 0 Å². The molecule has 0 unspecified atom stereocenters. The van der Waals surface area contributed by atoms with Crippen LogP contribution in [0, 0.1) is 0 Å². The first-order valence-electron chi connectivity index (χ1n) is 4.63. The van der Waals surface area contributed by atoms with E-state index in [0.29, 0.717) is 0 Å². The van der Waals surface area contributed by atoms with Gasteiger partial charge in [0.1, 0.15) is 0 Å². The average molecular weight is 194 g/mol. The first-order chi connectivity index (χ1) is 6.79. The van der Waals surface area contributed by atoms with Crippen molar-refractivity contribution in [2.45, 2.75) is 13.8 Å². The summed E-state index contributed by atoms with van der Waals surface area (Å²) >= 11 is 0. The van der Waals surface area contributed by atoms with Crippen LogP contribution in [-0.2, 0) is 14.1 Å². The molecule has 0 aliphatic heterocycles. The summed E-state index contributed by atoms with van der Waals surface area (Å²) in [5.74, 6) is 0. The molecule has 2 rings (SSSR count). The minimum Gasteiger partial charge on any atom is -0.341 e. The van der Waals surface area contributed by atoms with Gasteiger partial charge in [0.05, 0.1) is 12.7 Å². The summed E-state index contributed by atoms with van der Waals surface area (Å²) in [6, 6.07) is 0. The van der Waals surface area contributed by atoms with E-state index in [0.717, 1.165) is 0 Å². The van der Waals surface area contributed by atoms with Gasteiger partial charge in [-0.15, -0.1) is 0 Å². The van der Waals surface area contributed by atoms with E-state index in [-0.39, 0.29) is 0 Å². The first kappa shape index (κ1) is 12.4. The van der Waals surface area contributed by atoms with Gasteiger partial charge in [-0.25, -0.2) is 9.97 Å². The molecule has 0 aromatic carbocycles. The van der Waals surface area contributed by atoms with Gasteiger partial charge in [-0.05, 0) is 0 Å². The van der Waals surface area contributed by atoms with Crippen molar-refractivity contribution in [3.8, 4) is 0 Å². The largest absolute Gasteiger partial charge is 0.341 e. The lowest BCUT2D eigenvalue weighted by molar-refractivity contribution is 0.913. The Morgan fingerprint density at radius 1 is 0.786 bits per heavy atom. The molecule has 2 heterocycles. The molecule has 2 aromatic rings. The van der Waals surface area contributed by atoms with Crippen molar-refractivity contribution in [1.82, 2.24) is 19.1 Å². The maximum absolute atomic E-state index is 3.78. The highest BCUT2D eigenvalue weighted by Crippen LogP contribution is 1.74. The third-order valence-electron chi connectivity index (χ3n) is 1.27. The summed E-state index contributed by atoms with van der Waals surface area (Å²) in [6.07, 6.45) is 10.8. The van der Waals surface area contributed by atoms with Crippen LogP contribution in [-0.4, -0.2) is 19.1 Å². The summed E-state index contributed by atoms with van der Waals surface area (Å²) in [5, 5.41) is 0. The molecule has 0 N–H and O–H groups in total. The van der Waals surface area contributed by atoms with Gasteiger partial charge in [0, 0.05) is 38.9 Å². The van der Waals surface area contributed by atoms with Gasteiger partial charge in [0.15, 0.2) is 0 Å². The predicted molar refractivity (Wildman–Crippen MR) is 57.8 cm³/mol. The molecule has 4 nitrogen and oxygen atoms in total. The molecule has 0 atom stereocenters. The summed E-state index contributed by atoms with van der Waals surface area (Å²) in [4.78, 5) is 7.57. The molecule has 0 saturated heterocycles. The summed E-state index contributed by atoms with van der Waals surface area (Å²) in [7, 11) is 3.88. The summed E-state index contributed by atoms with van der Waals surface area (Å²) in [6.45, 7) is 4.00. The number of aryl methyl sites for hydroxylation is 2. The quantitative estimate of drug-likeness (QED) is 0.641. The smallest absolute Gasteiger partial charge is 0.0943 e. The molecule has 0 aliphatic carbocycles. The number of nitrogens with zero attached hydrogens (tertiary/aromatic N) is 4. The summed E-state index contributed by atoms with van der Waals surface area (Å²) < 4.78 is 3.78. The molecule has 0 amide bonds. The zero-order chi connectivity index (χ0) is 10.8. The van der Waals surface area contributed by atoms with Crippen LogP contribution in [0.15, 0.2) is 37.4 Å². The van der Waals surface area contributed by atoms with Gasteiger partial charge in [0.2, 0.25) is 0 Å². The molecule has 14 heavy (non-hydrogen) atoms. The Balaban J connectivity index is 0.000000206. The van der Waals surface area contributed by atoms with E-state index in [1.165, 1.54) is 0 Å². The van der Waals surface area contributed by atoms with Crippen LogP contribution >= 0.6 is 0 Å². The lowest BCUT2D eigenvalue weighted by Crippen LogP contribution is -1.76. The number of hydrogen-bond acceptors (Lipinski definition) is 2. The van der Waals surface area contributed by atoms with E-state index in [1.807, 2.05) is 49.5 Å². The van der Waals surface area contributed by atoms with Crippen LogP contribution in [0.5, 0.6) is 0 Å². The van der Waals surface area contributed by atoms with Gasteiger partial charge in [-0.1, -0.05) is 13.8 Å². The second kappa shape index (κ2) is 8.04. The molecule has 4 heteroatoms. The minimum absolute atomic E-state index is 1.75. The van der Waals surface area contributed by atoms with E-state index in [2.05, 4.69) is 9.97 Å². The van der Waals surface area contributed by atoms with Gasteiger partial charge < -0.3 is 9.13 Å². The van der Waals surface area contributed by atoms with Crippen LogP contribution in [0.2, 0.25) is 0 Å². The molecule has 78 valence electrons. The van der Waals surface area contributed by atoms with E-state index in [4.69, 9.17) is 0 Å². The molecule has 0 aliphatic rings. The van der Waals surface area contributed by atoms with Crippen molar-refractivity contribution in [2.24, 2.45) is 14.1 Å². The van der Waals surface area contributed by atoms with Gasteiger partial charge >= 0.3 is 0 Å². The number of hydrogen-bond donors (Lipinski definition) is 0. The van der Waals surface area contributed by atoms with E-state index >= 15 is 0 Å². The van der Waals surface area contributed by atoms with Crippen LogP contribution in [0.3, 0.4) is 0 Å². The molecule has 2 aromatic heterocycles. The lowest BCUT2D eigenvalue weighted by atomic mass is 10.9. The van der Waals surface area contributed by atoms with Crippen LogP contribution < -0.4 is 0 Å². The highest BCUT2D eigenvalue weighted by atomic mass is 15.0. The molecule has 0 fully saturated rings. The van der Waals surface area contributed by atoms with E-state index in [9.17, 15) is 0 Å². The molecule has 0 bridgehead atoms. The van der Waals surface area contributed by atoms with Crippen molar-refractivity contribution in [3.63, 3.8) is 0 Å². The lowest BCUT2D eigenvalue weighted by Gasteiger charge is -1.76.